The summed E-state index contributed by atoms with van der Waals surface area (Å²) in [5.41, 5.74) is 3.17. The SMILES string of the molecule is N#Cc1ccc(N2CC[C@@H](N3CCCc4cc(OC(F)F)ccc43)C2=O)cc1. The van der Waals surface area contributed by atoms with Crippen molar-refractivity contribution in [3.05, 3.63) is 53.6 Å². The van der Waals surface area contributed by atoms with E-state index in [1.165, 1.54) is 6.07 Å². The Bertz CT molecular complexity index is 924. The molecule has 144 valence electrons. The minimum Gasteiger partial charge on any atom is -0.435 e. The predicted molar refractivity (Wildman–Crippen MR) is 101 cm³/mol. The Hall–Kier alpha value is -3.14. The third-order valence-corrected chi connectivity index (χ3v) is 5.29. The average molecular weight is 383 g/mol. The molecule has 28 heavy (non-hydrogen) atoms. The molecular weight excluding hydrogens is 364 g/mol. The molecule has 0 aromatic heterocycles. The molecule has 0 unspecified atom stereocenters. The molecule has 5 nitrogen and oxygen atoms in total. The van der Waals surface area contributed by atoms with Crippen LogP contribution in [0.1, 0.15) is 24.0 Å². The second-order valence-corrected chi connectivity index (χ2v) is 6.92. The van der Waals surface area contributed by atoms with Crippen molar-refractivity contribution in [1.29, 1.82) is 5.26 Å². The molecule has 0 spiro atoms. The second-order valence-electron chi connectivity index (χ2n) is 6.92. The van der Waals surface area contributed by atoms with Crippen molar-refractivity contribution in [2.24, 2.45) is 0 Å². The molecule has 1 saturated heterocycles. The zero-order valence-electron chi connectivity index (χ0n) is 15.1. The van der Waals surface area contributed by atoms with Crippen molar-refractivity contribution in [2.45, 2.75) is 31.9 Å². The topological polar surface area (TPSA) is 56.6 Å². The van der Waals surface area contributed by atoms with Crippen LogP contribution in [0.2, 0.25) is 0 Å². The third-order valence-electron chi connectivity index (χ3n) is 5.29. The first kappa shape index (κ1) is 18.2. The first-order valence-corrected chi connectivity index (χ1v) is 9.23. The van der Waals surface area contributed by atoms with Crippen molar-refractivity contribution < 1.29 is 18.3 Å². The molecule has 0 bridgehead atoms. The van der Waals surface area contributed by atoms with Gasteiger partial charge in [0.05, 0.1) is 11.6 Å². The molecule has 0 N–H and O–H groups in total. The summed E-state index contributed by atoms with van der Waals surface area (Å²) in [6.45, 7) is -1.50. The molecule has 2 aliphatic rings. The van der Waals surface area contributed by atoms with Crippen LogP contribution in [0.4, 0.5) is 20.2 Å². The Balaban J connectivity index is 1.55. The van der Waals surface area contributed by atoms with Crippen LogP contribution in [0.5, 0.6) is 5.75 Å². The Morgan fingerprint density at radius 3 is 2.64 bits per heavy atom. The highest BCUT2D eigenvalue weighted by molar-refractivity contribution is 6.01. The number of fused-ring (bicyclic) bond motifs is 1. The summed E-state index contributed by atoms with van der Waals surface area (Å²) < 4.78 is 29.5. The Labute approximate surface area is 161 Å². The number of rotatable bonds is 4. The van der Waals surface area contributed by atoms with E-state index in [0.717, 1.165) is 36.3 Å². The predicted octanol–water partition coefficient (Wildman–Crippen LogP) is 3.72. The number of carbonyl (C=O) groups is 1. The quantitative estimate of drug-likeness (QED) is 0.808. The number of nitriles is 1. The van der Waals surface area contributed by atoms with Crippen LogP contribution in [-0.4, -0.2) is 31.7 Å². The van der Waals surface area contributed by atoms with Crippen LogP contribution in [0.25, 0.3) is 0 Å². The fourth-order valence-electron chi connectivity index (χ4n) is 4.03. The van der Waals surface area contributed by atoms with Gasteiger partial charge in [-0.25, -0.2) is 0 Å². The number of ether oxygens (including phenoxy) is 1. The molecule has 0 aliphatic carbocycles. The van der Waals surface area contributed by atoms with Gasteiger partial charge in [0.15, 0.2) is 0 Å². The molecule has 2 aromatic rings. The number of hydrogen-bond acceptors (Lipinski definition) is 4. The van der Waals surface area contributed by atoms with E-state index in [-0.39, 0.29) is 17.7 Å². The molecule has 1 atom stereocenters. The van der Waals surface area contributed by atoms with E-state index in [1.54, 1.807) is 41.3 Å². The van der Waals surface area contributed by atoms with Gasteiger partial charge >= 0.3 is 6.61 Å². The Kier molecular flexibility index (Phi) is 4.86. The van der Waals surface area contributed by atoms with Crippen molar-refractivity contribution in [3.63, 3.8) is 0 Å². The van der Waals surface area contributed by atoms with Crippen molar-refractivity contribution >= 4 is 17.3 Å². The van der Waals surface area contributed by atoms with Crippen molar-refractivity contribution in [1.82, 2.24) is 0 Å². The maximum atomic E-state index is 13.1. The number of amides is 1. The normalized spacial score (nSPS) is 18.9. The van der Waals surface area contributed by atoms with Crippen molar-refractivity contribution in [2.75, 3.05) is 22.9 Å². The van der Waals surface area contributed by atoms with Gasteiger partial charge in [0.25, 0.3) is 0 Å². The zero-order valence-corrected chi connectivity index (χ0v) is 15.1. The minimum atomic E-state index is -2.85. The lowest BCUT2D eigenvalue weighted by molar-refractivity contribution is -0.118. The monoisotopic (exact) mass is 383 g/mol. The van der Waals surface area contributed by atoms with Crippen LogP contribution < -0.4 is 14.5 Å². The van der Waals surface area contributed by atoms with Crippen LogP contribution in [-0.2, 0) is 11.2 Å². The lowest BCUT2D eigenvalue weighted by atomic mass is 9.99. The summed E-state index contributed by atoms with van der Waals surface area (Å²) in [6.07, 6.45) is 2.31. The maximum Gasteiger partial charge on any atom is 0.387 e. The first-order valence-electron chi connectivity index (χ1n) is 9.23. The molecule has 0 radical (unpaired) electrons. The number of aryl methyl sites for hydroxylation is 1. The van der Waals surface area contributed by atoms with E-state index in [4.69, 9.17) is 5.26 Å². The van der Waals surface area contributed by atoms with Gasteiger partial charge in [-0.15, -0.1) is 0 Å². The summed E-state index contributed by atoms with van der Waals surface area (Å²) in [7, 11) is 0. The lowest BCUT2D eigenvalue weighted by Gasteiger charge is -2.35. The van der Waals surface area contributed by atoms with Gasteiger partial charge in [-0.2, -0.15) is 14.0 Å². The smallest absolute Gasteiger partial charge is 0.387 e. The van der Waals surface area contributed by atoms with E-state index in [9.17, 15) is 13.6 Å². The fourth-order valence-corrected chi connectivity index (χ4v) is 4.03. The van der Waals surface area contributed by atoms with Crippen molar-refractivity contribution in [3.8, 4) is 11.8 Å². The minimum absolute atomic E-state index is 0.0189. The van der Waals surface area contributed by atoms with Gasteiger partial charge in [0.2, 0.25) is 5.91 Å². The number of carbonyl (C=O) groups excluding carboxylic acids is 1. The lowest BCUT2D eigenvalue weighted by Crippen LogP contribution is -2.44. The fraction of sp³-hybridized carbons (Fsp3) is 0.333. The van der Waals surface area contributed by atoms with Crippen LogP contribution >= 0.6 is 0 Å². The molecular formula is C21H19F2N3O2. The largest absolute Gasteiger partial charge is 0.435 e. The highest BCUT2D eigenvalue weighted by Gasteiger charge is 2.38. The zero-order chi connectivity index (χ0) is 19.7. The number of alkyl halides is 2. The van der Waals surface area contributed by atoms with E-state index >= 15 is 0 Å². The van der Waals surface area contributed by atoms with Gasteiger partial charge in [0, 0.05) is 24.5 Å². The number of hydrogen-bond donors (Lipinski definition) is 0. The number of halogens is 2. The number of benzene rings is 2. The molecule has 1 fully saturated rings. The van der Waals surface area contributed by atoms with E-state index in [0.29, 0.717) is 18.5 Å². The molecule has 0 saturated carbocycles. The maximum absolute atomic E-state index is 13.1. The summed E-state index contributed by atoms with van der Waals surface area (Å²) in [5, 5.41) is 8.93. The van der Waals surface area contributed by atoms with Gasteiger partial charge in [-0.1, -0.05) is 0 Å². The molecule has 2 aliphatic heterocycles. The Morgan fingerprint density at radius 1 is 1.14 bits per heavy atom. The van der Waals surface area contributed by atoms with E-state index < -0.39 is 6.61 Å². The summed E-state index contributed by atoms with van der Waals surface area (Å²) >= 11 is 0. The third kappa shape index (κ3) is 3.38. The molecule has 1 amide bonds. The van der Waals surface area contributed by atoms with E-state index in [1.807, 2.05) is 0 Å². The van der Waals surface area contributed by atoms with Gasteiger partial charge in [-0.05, 0) is 67.3 Å². The van der Waals surface area contributed by atoms with Crippen LogP contribution in [0.15, 0.2) is 42.5 Å². The summed E-state index contributed by atoms with van der Waals surface area (Å²) in [4.78, 5) is 16.9. The highest BCUT2D eigenvalue weighted by atomic mass is 19.3. The van der Waals surface area contributed by atoms with Crippen LogP contribution in [0, 0.1) is 11.3 Å². The standard InChI is InChI=1S/C21H19F2N3O2/c22-21(23)28-17-7-8-18-15(12-17)2-1-10-26(18)19-9-11-25(20(19)27)16-5-3-14(13-24)4-6-16/h3-8,12,19,21H,1-2,9-11H2/t19-/m1/s1. The Morgan fingerprint density at radius 2 is 1.93 bits per heavy atom. The second kappa shape index (κ2) is 7.47. The molecule has 4 rings (SSSR count). The molecule has 7 heteroatoms. The molecule has 2 aromatic carbocycles. The van der Waals surface area contributed by atoms with Crippen LogP contribution in [0.3, 0.4) is 0 Å². The number of anilines is 2. The van der Waals surface area contributed by atoms with E-state index in [2.05, 4.69) is 15.7 Å². The van der Waals surface area contributed by atoms with Gasteiger partial charge in [-0.3, -0.25) is 4.79 Å². The first-order chi connectivity index (χ1) is 13.6. The number of nitrogens with zero attached hydrogens (tertiary/aromatic N) is 3. The molecule has 2 heterocycles. The van der Waals surface area contributed by atoms with Gasteiger partial charge < -0.3 is 14.5 Å². The summed E-state index contributed by atoms with van der Waals surface area (Å²) in [5.74, 6) is 0.165. The van der Waals surface area contributed by atoms with Gasteiger partial charge in [0.1, 0.15) is 11.8 Å². The average Bonchev–Trinajstić information content (AvgIpc) is 3.08. The highest BCUT2D eigenvalue weighted by Crippen LogP contribution is 2.35. The summed E-state index contributed by atoms with van der Waals surface area (Å²) in [6, 6.07) is 13.7.